The Labute approximate surface area is 208 Å². The maximum atomic E-state index is 12.2. The zero-order chi connectivity index (χ0) is 25.0. The molecule has 1 saturated carbocycles. The zero-order valence-electron chi connectivity index (χ0n) is 21.3. The van der Waals surface area contributed by atoms with Crippen LogP contribution in [0.4, 0.5) is 10.5 Å². The van der Waals surface area contributed by atoms with Crippen molar-refractivity contribution in [3.8, 4) is 0 Å². The SMILES string of the molecule is CC(C)(C)OC(=O)N[C@H]1CCC[C@H]1NCC1CCN(c2ccc(C3CCC(=O)NC3=O)cc2)CC1. The highest BCUT2D eigenvalue weighted by Crippen LogP contribution is 2.29. The fourth-order valence-electron chi connectivity index (χ4n) is 5.48. The van der Waals surface area contributed by atoms with Crippen molar-refractivity contribution in [2.24, 2.45) is 5.92 Å². The van der Waals surface area contributed by atoms with E-state index >= 15 is 0 Å². The Hall–Kier alpha value is -2.61. The lowest BCUT2D eigenvalue weighted by molar-refractivity contribution is -0.134. The Morgan fingerprint density at radius 3 is 2.37 bits per heavy atom. The standard InChI is InChI=1S/C27H40N4O4/c1-27(2,3)35-26(34)29-23-6-4-5-22(23)28-17-18-13-15-31(16-14-18)20-9-7-19(8-10-20)21-11-12-24(32)30-25(21)33/h7-10,18,21-23,28H,4-6,11-17H2,1-3H3,(H,29,34)(H,30,32,33)/t21?,22-,23+/m1/s1. The van der Waals surface area contributed by atoms with Crippen molar-refractivity contribution < 1.29 is 19.1 Å². The number of rotatable bonds is 6. The second kappa shape index (κ2) is 11.0. The van der Waals surface area contributed by atoms with Crippen molar-refractivity contribution in [3.63, 3.8) is 0 Å². The molecule has 0 spiro atoms. The van der Waals surface area contributed by atoms with Crippen LogP contribution in [0.1, 0.15) is 77.2 Å². The molecule has 1 aromatic carbocycles. The fourth-order valence-corrected chi connectivity index (χ4v) is 5.48. The van der Waals surface area contributed by atoms with Gasteiger partial charge < -0.3 is 20.3 Å². The largest absolute Gasteiger partial charge is 0.444 e. The molecule has 35 heavy (non-hydrogen) atoms. The molecule has 4 rings (SSSR count). The minimum absolute atomic E-state index is 0.132. The van der Waals surface area contributed by atoms with Crippen LogP contribution < -0.4 is 20.9 Å². The number of nitrogens with one attached hydrogen (secondary N) is 3. The first-order valence-corrected chi connectivity index (χ1v) is 13.1. The molecule has 0 radical (unpaired) electrons. The van der Waals surface area contributed by atoms with Gasteiger partial charge in [0.15, 0.2) is 0 Å². The molecule has 2 aliphatic heterocycles. The summed E-state index contributed by atoms with van der Waals surface area (Å²) in [6.45, 7) is 8.64. The Morgan fingerprint density at radius 1 is 1.03 bits per heavy atom. The molecule has 3 atom stereocenters. The summed E-state index contributed by atoms with van der Waals surface area (Å²) in [5, 5.41) is 9.23. The third-order valence-corrected chi connectivity index (χ3v) is 7.40. The van der Waals surface area contributed by atoms with E-state index in [-0.39, 0.29) is 29.9 Å². The second-order valence-corrected chi connectivity index (χ2v) is 11.2. The monoisotopic (exact) mass is 484 g/mol. The molecule has 3 amide bonds. The average molecular weight is 485 g/mol. The number of carbonyl (C=O) groups excluding carboxylic acids is 3. The smallest absolute Gasteiger partial charge is 0.407 e. The zero-order valence-corrected chi connectivity index (χ0v) is 21.3. The predicted molar refractivity (Wildman–Crippen MR) is 135 cm³/mol. The summed E-state index contributed by atoms with van der Waals surface area (Å²) in [4.78, 5) is 38.1. The van der Waals surface area contributed by atoms with Gasteiger partial charge in [0.2, 0.25) is 11.8 Å². The van der Waals surface area contributed by atoms with Crippen LogP contribution in [0, 0.1) is 5.92 Å². The van der Waals surface area contributed by atoms with Gasteiger partial charge in [0.05, 0.1) is 5.92 Å². The van der Waals surface area contributed by atoms with Crippen LogP contribution in [-0.4, -0.2) is 55.2 Å². The molecule has 8 heteroatoms. The van der Waals surface area contributed by atoms with Gasteiger partial charge >= 0.3 is 6.09 Å². The molecule has 8 nitrogen and oxygen atoms in total. The van der Waals surface area contributed by atoms with Crippen molar-refractivity contribution in [3.05, 3.63) is 29.8 Å². The number of anilines is 1. The molecule has 3 fully saturated rings. The van der Waals surface area contributed by atoms with Crippen LogP contribution in [0.2, 0.25) is 0 Å². The molecule has 2 heterocycles. The Bertz CT molecular complexity index is 903. The van der Waals surface area contributed by atoms with Gasteiger partial charge in [-0.15, -0.1) is 0 Å². The number of carbonyl (C=O) groups is 3. The van der Waals surface area contributed by atoms with E-state index in [4.69, 9.17) is 4.74 Å². The molecule has 1 aromatic rings. The van der Waals surface area contributed by atoms with Crippen molar-refractivity contribution in [1.29, 1.82) is 0 Å². The van der Waals surface area contributed by atoms with Gasteiger partial charge in [-0.25, -0.2) is 4.79 Å². The molecule has 0 bridgehead atoms. The van der Waals surface area contributed by atoms with Crippen LogP contribution >= 0.6 is 0 Å². The molecule has 3 N–H and O–H groups in total. The molecule has 1 aliphatic carbocycles. The molecule has 0 aromatic heterocycles. The highest BCUT2D eigenvalue weighted by molar-refractivity contribution is 6.00. The van der Waals surface area contributed by atoms with Gasteiger partial charge in [-0.3, -0.25) is 14.9 Å². The number of hydrogen-bond donors (Lipinski definition) is 3. The summed E-state index contributed by atoms with van der Waals surface area (Å²) in [7, 11) is 0. The third kappa shape index (κ3) is 6.97. The second-order valence-electron chi connectivity index (χ2n) is 11.2. The van der Waals surface area contributed by atoms with E-state index in [0.29, 0.717) is 24.8 Å². The summed E-state index contributed by atoms with van der Waals surface area (Å²) < 4.78 is 5.43. The Balaban J connectivity index is 1.21. The van der Waals surface area contributed by atoms with Crippen molar-refractivity contribution >= 4 is 23.6 Å². The Kier molecular flexibility index (Phi) is 7.99. The maximum Gasteiger partial charge on any atom is 0.407 e. The first kappa shape index (κ1) is 25.5. The maximum absolute atomic E-state index is 12.2. The number of nitrogens with zero attached hydrogens (tertiary/aromatic N) is 1. The molecule has 2 saturated heterocycles. The first-order valence-electron chi connectivity index (χ1n) is 13.1. The molecular weight excluding hydrogens is 444 g/mol. The number of hydrogen-bond acceptors (Lipinski definition) is 6. The minimum atomic E-state index is -0.481. The Morgan fingerprint density at radius 2 is 1.71 bits per heavy atom. The topological polar surface area (TPSA) is 99.8 Å². The number of alkyl carbamates (subject to hydrolysis) is 1. The molecule has 192 valence electrons. The summed E-state index contributed by atoms with van der Waals surface area (Å²) >= 11 is 0. The quantitative estimate of drug-likeness (QED) is 0.535. The number of imide groups is 1. The third-order valence-electron chi connectivity index (χ3n) is 7.40. The normalized spacial score (nSPS) is 25.9. The molecular formula is C27H40N4O4. The van der Waals surface area contributed by atoms with Crippen molar-refractivity contribution in [2.45, 2.75) is 89.3 Å². The van der Waals surface area contributed by atoms with Gasteiger partial charge in [0.25, 0.3) is 0 Å². The summed E-state index contributed by atoms with van der Waals surface area (Å²) in [5.41, 5.74) is 1.68. The van der Waals surface area contributed by atoms with E-state index in [1.54, 1.807) is 0 Å². The van der Waals surface area contributed by atoms with Crippen LogP contribution in [0.25, 0.3) is 0 Å². The van der Waals surface area contributed by atoms with Gasteiger partial charge in [0, 0.05) is 37.3 Å². The lowest BCUT2D eigenvalue weighted by atomic mass is 9.90. The van der Waals surface area contributed by atoms with Crippen LogP contribution in [-0.2, 0) is 14.3 Å². The van der Waals surface area contributed by atoms with E-state index in [1.807, 2.05) is 32.9 Å². The van der Waals surface area contributed by atoms with E-state index in [0.717, 1.165) is 57.3 Å². The van der Waals surface area contributed by atoms with E-state index in [2.05, 4.69) is 33.0 Å². The number of ether oxygens (including phenoxy) is 1. The number of amides is 3. The van der Waals surface area contributed by atoms with Gasteiger partial charge in [-0.05, 0) is 89.5 Å². The predicted octanol–water partition coefficient (Wildman–Crippen LogP) is 3.46. The number of piperidine rings is 2. The molecule has 3 aliphatic rings. The molecule has 1 unspecified atom stereocenters. The lowest BCUT2D eigenvalue weighted by Crippen LogP contribution is -2.49. The summed E-state index contributed by atoms with van der Waals surface area (Å²) in [5.74, 6) is 0.0238. The summed E-state index contributed by atoms with van der Waals surface area (Å²) in [6, 6.07) is 8.70. The lowest BCUT2D eigenvalue weighted by Gasteiger charge is -2.35. The van der Waals surface area contributed by atoms with Crippen molar-refractivity contribution in [1.82, 2.24) is 16.0 Å². The summed E-state index contributed by atoms with van der Waals surface area (Å²) in [6.07, 6.45) is 6.09. The number of benzene rings is 1. The van der Waals surface area contributed by atoms with Gasteiger partial charge in [0.1, 0.15) is 5.60 Å². The van der Waals surface area contributed by atoms with Gasteiger partial charge in [-0.1, -0.05) is 12.1 Å². The van der Waals surface area contributed by atoms with E-state index < -0.39 is 5.60 Å². The van der Waals surface area contributed by atoms with Crippen LogP contribution in [0.3, 0.4) is 0 Å². The highest BCUT2D eigenvalue weighted by Gasteiger charge is 2.31. The fraction of sp³-hybridized carbons (Fsp3) is 0.667. The van der Waals surface area contributed by atoms with Crippen LogP contribution in [0.15, 0.2) is 24.3 Å². The van der Waals surface area contributed by atoms with E-state index in [1.165, 1.54) is 5.69 Å². The average Bonchev–Trinajstić information content (AvgIpc) is 3.23. The van der Waals surface area contributed by atoms with E-state index in [9.17, 15) is 14.4 Å². The van der Waals surface area contributed by atoms with Crippen LogP contribution in [0.5, 0.6) is 0 Å². The first-order chi connectivity index (χ1) is 16.7. The minimum Gasteiger partial charge on any atom is -0.444 e. The van der Waals surface area contributed by atoms with Crippen molar-refractivity contribution in [2.75, 3.05) is 24.5 Å². The van der Waals surface area contributed by atoms with Gasteiger partial charge in [-0.2, -0.15) is 0 Å². The highest BCUT2D eigenvalue weighted by atomic mass is 16.6.